The lowest BCUT2D eigenvalue weighted by Crippen LogP contribution is -2.43. The fourth-order valence-electron chi connectivity index (χ4n) is 2.13. The Morgan fingerprint density at radius 2 is 2.16 bits per heavy atom. The molecule has 1 atom stereocenters. The Morgan fingerprint density at radius 1 is 1.37 bits per heavy atom. The molecule has 0 bridgehead atoms. The molecule has 1 saturated heterocycles. The van der Waals surface area contributed by atoms with Crippen molar-refractivity contribution in [3.63, 3.8) is 0 Å². The molecule has 1 unspecified atom stereocenters. The average molecular weight is 276 g/mol. The number of rotatable bonds is 2. The first-order valence-electron chi connectivity index (χ1n) is 5.88. The third-order valence-electron chi connectivity index (χ3n) is 3.07. The van der Waals surface area contributed by atoms with Crippen molar-refractivity contribution < 1.29 is 8.42 Å². The maximum absolute atomic E-state index is 12.5. The molecule has 1 aromatic heterocycles. The van der Waals surface area contributed by atoms with Gasteiger partial charge in [-0.25, -0.2) is 13.4 Å². The molecule has 0 aromatic carbocycles. The topological polar surface area (TPSA) is 97.8 Å². The smallest absolute Gasteiger partial charge is 0.244 e. The predicted molar refractivity (Wildman–Crippen MR) is 66.1 cm³/mol. The number of nitriles is 2. The first kappa shape index (κ1) is 13.5. The maximum atomic E-state index is 12.5. The number of aromatic nitrogens is 1. The number of piperidine rings is 1. The number of hydrogen-bond donors (Lipinski definition) is 0. The van der Waals surface area contributed by atoms with Gasteiger partial charge in [-0.05, 0) is 31.4 Å². The van der Waals surface area contributed by atoms with Gasteiger partial charge in [-0.15, -0.1) is 0 Å². The van der Waals surface area contributed by atoms with Gasteiger partial charge in [0.05, 0.1) is 6.07 Å². The van der Waals surface area contributed by atoms with Crippen molar-refractivity contribution in [1.29, 1.82) is 10.5 Å². The van der Waals surface area contributed by atoms with E-state index in [0.29, 0.717) is 13.0 Å². The Kier molecular flexibility index (Phi) is 3.79. The second-order valence-electron chi connectivity index (χ2n) is 4.22. The number of pyridine rings is 1. The second-order valence-corrected chi connectivity index (χ2v) is 6.08. The largest absolute Gasteiger partial charge is 0.247 e. The fraction of sp³-hybridized carbons (Fsp3) is 0.417. The van der Waals surface area contributed by atoms with E-state index in [1.54, 1.807) is 6.07 Å². The fourth-order valence-corrected chi connectivity index (χ4v) is 3.83. The third kappa shape index (κ3) is 2.43. The highest BCUT2D eigenvalue weighted by Crippen LogP contribution is 2.25. The van der Waals surface area contributed by atoms with Crippen molar-refractivity contribution in [1.82, 2.24) is 9.29 Å². The Bertz CT molecular complexity index is 657. The van der Waals surface area contributed by atoms with Crippen LogP contribution in [-0.2, 0) is 10.0 Å². The summed E-state index contributed by atoms with van der Waals surface area (Å²) in [6, 6.07) is 5.95. The zero-order valence-corrected chi connectivity index (χ0v) is 11.0. The van der Waals surface area contributed by atoms with Crippen LogP contribution < -0.4 is 0 Å². The van der Waals surface area contributed by atoms with Crippen molar-refractivity contribution >= 4 is 10.0 Å². The van der Waals surface area contributed by atoms with Gasteiger partial charge in [0.15, 0.2) is 5.69 Å². The normalized spacial score (nSPS) is 20.4. The molecule has 6 nitrogen and oxygen atoms in total. The lowest BCUT2D eigenvalue weighted by atomic mass is 10.1. The highest BCUT2D eigenvalue weighted by atomic mass is 32.2. The van der Waals surface area contributed by atoms with Gasteiger partial charge in [0.2, 0.25) is 10.0 Å². The van der Waals surface area contributed by atoms with Crippen LogP contribution in [0.5, 0.6) is 0 Å². The van der Waals surface area contributed by atoms with Gasteiger partial charge < -0.3 is 0 Å². The maximum Gasteiger partial charge on any atom is 0.247 e. The van der Waals surface area contributed by atoms with E-state index < -0.39 is 16.1 Å². The summed E-state index contributed by atoms with van der Waals surface area (Å²) in [6.07, 6.45) is 3.45. The third-order valence-corrected chi connectivity index (χ3v) is 5.01. The molecule has 7 heteroatoms. The molecule has 0 spiro atoms. The summed E-state index contributed by atoms with van der Waals surface area (Å²) in [5, 5.41) is 18.0. The number of nitrogens with zero attached hydrogens (tertiary/aromatic N) is 4. The molecule has 98 valence electrons. The minimum Gasteiger partial charge on any atom is -0.244 e. The van der Waals surface area contributed by atoms with Gasteiger partial charge >= 0.3 is 0 Å². The van der Waals surface area contributed by atoms with E-state index in [4.69, 9.17) is 10.5 Å². The summed E-state index contributed by atoms with van der Waals surface area (Å²) in [6.45, 7) is 0.306. The van der Waals surface area contributed by atoms with Crippen LogP contribution in [0.2, 0.25) is 0 Å². The summed E-state index contributed by atoms with van der Waals surface area (Å²) < 4.78 is 26.2. The SMILES string of the molecule is N#Cc1ncccc1S(=O)(=O)N1CCCCC1C#N. The second kappa shape index (κ2) is 5.35. The summed E-state index contributed by atoms with van der Waals surface area (Å²) in [5.74, 6) is 0. The van der Waals surface area contributed by atoms with Crippen LogP contribution in [0.15, 0.2) is 23.2 Å². The molecule has 0 saturated carbocycles. The van der Waals surface area contributed by atoms with Crippen LogP contribution in [0.4, 0.5) is 0 Å². The molecule has 19 heavy (non-hydrogen) atoms. The van der Waals surface area contributed by atoms with E-state index in [9.17, 15) is 8.42 Å². The van der Waals surface area contributed by atoms with Crippen LogP contribution in [0.3, 0.4) is 0 Å². The monoisotopic (exact) mass is 276 g/mol. The van der Waals surface area contributed by atoms with Crippen LogP contribution in [0.1, 0.15) is 25.0 Å². The standard InChI is InChI=1S/C12H12N4O2S/c13-8-10-4-1-2-7-16(10)19(17,18)12-5-3-6-15-11(12)9-14/h3,5-6,10H,1-2,4,7H2. The molecule has 1 aliphatic heterocycles. The first-order valence-corrected chi connectivity index (χ1v) is 7.32. The van der Waals surface area contributed by atoms with Crippen LogP contribution in [-0.4, -0.2) is 30.3 Å². The molecule has 1 aromatic rings. The minimum absolute atomic E-state index is 0.125. The van der Waals surface area contributed by atoms with Gasteiger partial charge in [-0.2, -0.15) is 14.8 Å². The lowest BCUT2D eigenvalue weighted by molar-refractivity contribution is 0.297. The molecule has 2 rings (SSSR count). The molecule has 1 fully saturated rings. The van der Waals surface area contributed by atoms with Crippen molar-refractivity contribution in [2.24, 2.45) is 0 Å². The Balaban J connectivity index is 2.48. The van der Waals surface area contributed by atoms with Gasteiger partial charge in [0.1, 0.15) is 17.0 Å². The molecule has 0 amide bonds. The lowest BCUT2D eigenvalue weighted by Gasteiger charge is -2.30. The van der Waals surface area contributed by atoms with E-state index in [1.807, 2.05) is 6.07 Å². The van der Waals surface area contributed by atoms with Gasteiger partial charge in [0, 0.05) is 12.7 Å². The van der Waals surface area contributed by atoms with Crippen LogP contribution in [0.25, 0.3) is 0 Å². The quantitative estimate of drug-likeness (QED) is 0.803. The van der Waals surface area contributed by atoms with Gasteiger partial charge in [-0.3, -0.25) is 0 Å². The van der Waals surface area contributed by atoms with E-state index in [1.165, 1.54) is 22.6 Å². The zero-order valence-electron chi connectivity index (χ0n) is 10.2. The van der Waals surface area contributed by atoms with Crippen molar-refractivity contribution in [2.75, 3.05) is 6.54 Å². The first-order chi connectivity index (χ1) is 9.11. The van der Waals surface area contributed by atoms with E-state index >= 15 is 0 Å². The van der Waals surface area contributed by atoms with E-state index in [2.05, 4.69) is 4.98 Å². The van der Waals surface area contributed by atoms with Crippen LogP contribution in [0, 0.1) is 22.7 Å². The van der Waals surface area contributed by atoms with E-state index in [0.717, 1.165) is 12.8 Å². The molecule has 0 radical (unpaired) electrons. The number of sulfonamides is 1. The Hall–Kier alpha value is -1.96. The Morgan fingerprint density at radius 3 is 2.84 bits per heavy atom. The highest BCUT2D eigenvalue weighted by molar-refractivity contribution is 7.89. The summed E-state index contributed by atoms with van der Waals surface area (Å²) in [4.78, 5) is 3.63. The average Bonchev–Trinajstić information content (AvgIpc) is 2.47. The molecular formula is C12H12N4O2S. The van der Waals surface area contributed by atoms with Crippen molar-refractivity contribution in [3.8, 4) is 12.1 Å². The van der Waals surface area contributed by atoms with Crippen molar-refractivity contribution in [2.45, 2.75) is 30.2 Å². The van der Waals surface area contributed by atoms with Crippen LogP contribution >= 0.6 is 0 Å². The van der Waals surface area contributed by atoms with Crippen molar-refractivity contribution in [3.05, 3.63) is 24.0 Å². The molecule has 2 heterocycles. The Labute approximate surface area is 112 Å². The molecule has 1 aliphatic rings. The summed E-state index contributed by atoms with van der Waals surface area (Å²) in [7, 11) is -3.84. The molecule has 0 aliphatic carbocycles. The van der Waals surface area contributed by atoms with Gasteiger partial charge in [-0.1, -0.05) is 0 Å². The molecular weight excluding hydrogens is 264 g/mol. The number of hydrogen-bond acceptors (Lipinski definition) is 5. The zero-order chi connectivity index (χ0) is 13.9. The predicted octanol–water partition coefficient (Wildman–Crippen LogP) is 1.02. The summed E-state index contributed by atoms with van der Waals surface area (Å²) in [5.41, 5.74) is -0.134. The molecule has 0 N–H and O–H groups in total. The summed E-state index contributed by atoms with van der Waals surface area (Å²) >= 11 is 0. The van der Waals surface area contributed by atoms with Gasteiger partial charge in [0.25, 0.3) is 0 Å². The van der Waals surface area contributed by atoms with E-state index in [-0.39, 0.29) is 10.6 Å². The highest BCUT2D eigenvalue weighted by Gasteiger charge is 2.35. The minimum atomic E-state index is -3.84.